The Morgan fingerprint density at radius 1 is 1.25 bits per heavy atom. The van der Waals surface area contributed by atoms with Gasteiger partial charge in [-0.2, -0.15) is 23.3 Å². The largest absolute Gasteiger partial charge is 0.421 e. The molecule has 0 aromatic carbocycles. The van der Waals surface area contributed by atoms with Gasteiger partial charge in [-0.1, -0.05) is 0 Å². The lowest BCUT2D eigenvalue weighted by Crippen LogP contribution is -2.25. The molecular weight excluding hydrogens is 391 g/mol. The Labute approximate surface area is 163 Å². The molecule has 0 aliphatic heterocycles. The van der Waals surface area contributed by atoms with Gasteiger partial charge in [0.25, 0.3) is 0 Å². The van der Waals surface area contributed by atoms with Crippen molar-refractivity contribution >= 4 is 28.8 Å². The molecule has 7 nitrogen and oxygen atoms in total. The molecule has 0 atom stereocenters. The quantitative estimate of drug-likeness (QED) is 0.652. The number of alkyl halides is 3. The highest BCUT2D eigenvalue weighted by molar-refractivity contribution is 7.09. The fourth-order valence-electron chi connectivity index (χ4n) is 3.19. The van der Waals surface area contributed by atoms with E-state index >= 15 is 0 Å². The molecule has 11 heteroatoms. The molecule has 2 N–H and O–H groups in total. The van der Waals surface area contributed by atoms with Gasteiger partial charge in [-0.25, -0.2) is 9.97 Å². The lowest BCUT2D eigenvalue weighted by molar-refractivity contribution is -0.137. The van der Waals surface area contributed by atoms with E-state index in [4.69, 9.17) is 0 Å². The van der Waals surface area contributed by atoms with Crippen molar-refractivity contribution in [3.05, 3.63) is 40.2 Å². The van der Waals surface area contributed by atoms with Gasteiger partial charge in [-0.3, -0.25) is 4.68 Å². The van der Waals surface area contributed by atoms with Crippen molar-refractivity contribution in [1.82, 2.24) is 24.7 Å². The SMILES string of the molecule is CNc1nc(Nc2cn(C3CC(c4nccs4)C3)nc2C)ncc1C(F)(F)F. The molecule has 28 heavy (non-hydrogen) atoms. The van der Waals surface area contributed by atoms with Crippen molar-refractivity contribution in [3.63, 3.8) is 0 Å². The maximum absolute atomic E-state index is 13.0. The second kappa shape index (κ2) is 7.04. The molecule has 0 spiro atoms. The summed E-state index contributed by atoms with van der Waals surface area (Å²) in [5.41, 5.74) is 0.488. The predicted octanol–water partition coefficient (Wildman–Crippen LogP) is 4.36. The number of nitrogens with one attached hydrogen (secondary N) is 2. The highest BCUT2D eigenvalue weighted by Gasteiger charge is 2.35. The van der Waals surface area contributed by atoms with E-state index in [-0.39, 0.29) is 17.8 Å². The molecule has 1 aliphatic carbocycles. The van der Waals surface area contributed by atoms with Crippen molar-refractivity contribution in [3.8, 4) is 0 Å². The Morgan fingerprint density at radius 2 is 2.04 bits per heavy atom. The molecule has 1 aliphatic rings. The van der Waals surface area contributed by atoms with Crippen LogP contribution in [0.2, 0.25) is 0 Å². The Kier molecular flexibility index (Phi) is 4.69. The van der Waals surface area contributed by atoms with Crippen LogP contribution < -0.4 is 10.6 Å². The summed E-state index contributed by atoms with van der Waals surface area (Å²) in [5, 5.41) is 13.1. The van der Waals surface area contributed by atoms with E-state index in [1.165, 1.54) is 7.05 Å². The van der Waals surface area contributed by atoms with Gasteiger partial charge in [0.15, 0.2) is 0 Å². The Balaban J connectivity index is 1.48. The van der Waals surface area contributed by atoms with Crippen LogP contribution in [0, 0.1) is 6.92 Å². The van der Waals surface area contributed by atoms with E-state index in [2.05, 4.69) is 30.7 Å². The maximum atomic E-state index is 13.0. The summed E-state index contributed by atoms with van der Waals surface area (Å²) < 4.78 is 40.8. The number of anilines is 3. The molecule has 3 heterocycles. The maximum Gasteiger partial charge on any atom is 0.421 e. The average Bonchev–Trinajstić information content (AvgIpc) is 3.23. The molecule has 4 rings (SSSR count). The number of thiazole rings is 1. The van der Waals surface area contributed by atoms with Crippen molar-refractivity contribution in [1.29, 1.82) is 0 Å². The molecule has 1 fully saturated rings. The van der Waals surface area contributed by atoms with E-state index < -0.39 is 11.7 Å². The summed E-state index contributed by atoms with van der Waals surface area (Å²) >= 11 is 1.66. The number of hydrogen-bond acceptors (Lipinski definition) is 7. The standard InChI is InChI=1S/C17H18F3N7S/c1-9-13(24-16-23-7-12(17(18,19)20)14(21-2)25-16)8-27(26-9)11-5-10(6-11)15-22-3-4-28-15/h3-4,7-8,10-11H,5-6H2,1-2H3,(H2,21,23,24,25). The first-order valence-electron chi connectivity index (χ1n) is 8.69. The molecular formula is C17H18F3N7S. The first kappa shape index (κ1) is 18.7. The molecule has 3 aromatic heterocycles. The molecule has 0 radical (unpaired) electrons. The molecule has 0 unspecified atom stereocenters. The third-order valence-corrected chi connectivity index (χ3v) is 5.72. The van der Waals surface area contributed by atoms with Crippen molar-refractivity contribution in [2.45, 2.75) is 37.9 Å². The number of rotatable bonds is 5. The number of aromatic nitrogens is 5. The van der Waals surface area contributed by atoms with E-state index in [0.29, 0.717) is 11.6 Å². The van der Waals surface area contributed by atoms with Crippen LogP contribution in [0.3, 0.4) is 0 Å². The fraction of sp³-hybridized carbons (Fsp3) is 0.412. The average molecular weight is 409 g/mol. The predicted molar refractivity (Wildman–Crippen MR) is 100.0 cm³/mol. The number of nitrogens with zero attached hydrogens (tertiary/aromatic N) is 5. The summed E-state index contributed by atoms with van der Waals surface area (Å²) in [6, 6.07) is 0.282. The minimum absolute atomic E-state index is 0.0780. The summed E-state index contributed by atoms with van der Waals surface area (Å²) in [4.78, 5) is 12.1. The topological polar surface area (TPSA) is 80.5 Å². The van der Waals surface area contributed by atoms with Crippen LogP contribution >= 0.6 is 11.3 Å². The molecule has 0 bridgehead atoms. The van der Waals surface area contributed by atoms with E-state index in [0.717, 1.165) is 29.7 Å². The summed E-state index contributed by atoms with van der Waals surface area (Å²) in [7, 11) is 1.39. The van der Waals surface area contributed by atoms with Crippen LogP contribution in [0.15, 0.2) is 24.0 Å². The zero-order valence-corrected chi connectivity index (χ0v) is 16.0. The van der Waals surface area contributed by atoms with Gasteiger partial charge < -0.3 is 10.6 Å². The van der Waals surface area contributed by atoms with Crippen LogP contribution in [-0.2, 0) is 6.18 Å². The second-order valence-electron chi connectivity index (χ2n) is 6.63. The van der Waals surface area contributed by atoms with Gasteiger partial charge in [-0.05, 0) is 19.8 Å². The van der Waals surface area contributed by atoms with Crippen molar-refractivity contribution < 1.29 is 13.2 Å². The minimum Gasteiger partial charge on any atom is -0.372 e. The monoisotopic (exact) mass is 409 g/mol. The minimum atomic E-state index is -4.52. The number of hydrogen-bond donors (Lipinski definition) is 2. The van der Waals surface area contributed by atoms with Crippen LogP contribution in [0.4, 0.5) is 30.6 Å². The van der Waals surface area contributed by atoms with Gasteiger partial charge in [0, 0.05) is 36.9 Å². The zero-order valence-electron chi connectivity index (χ0n) is 15.2. The Morgan fingerprint density at radius 3 is 2.68 bits per heavy atom. The second-order valence-corrected chi connectivity index (χ2v) is 7.56. The Hall–Kier alpha value is -2.69. The molecule has 0 amide bonds. The molecule has 0 saturated heterocycles. The summed E-state index contributed by atoms with van der Waals surface area (Å²) in [5.74, 6) is 0.261. The molecule has 148 valence electrons. The summed E-state index contributed by atoms with van der Waals surface area (Å²) in [6.45, 7) is 1.83. The lowest BCUT2D eigenvalue weighted by Gasteiger charge is -2.34. The van der Waals surface area contributed by atoms with Gasteiger partial charge in [-0.15, -0.1) is 11.3 Å². The highest BCUT2D eigenvalue weighted by Crippen LogP contribution is 2.45. The summed E-state index contributed by atoms with van der Waals surface area (Å²) in [6.07, 6.45) is 1.85. The van der Waals surface area contributed by atoms with Gasteiger partial charge in [0.05, 0.1) is 22.4 Å². The van der Waals surface area contributed by atoms with Gasteiger partial charge >= 0.3 is 6.18 Å². The number of aryl methyl sites for hydroxylation is 1. The third-order valence-electron chi connectivity index (χ3n) is 4.78. The smallest absolute Gasteiger partial charge is 0.372 e. The van der Waals surface area contributed by atoms with Crippen LogP contribution in [0.25, 0.3) is 0 Å². The van der Waals surface area contributed by atoms with E-state index in [1.807, 2.05) is 29.4 Å². The van der Waals surface area contributed by atoms with Gasteiger partial charge in [0.2, 0.25) is 5.95 Å². The zero-order chi connectivity index (χ0) is 19.9. The van der Waals surface area contributed by atoms with E-state index in [1.54, 1.807) is 11.3 Å². The highest BCUT2D eigenvalue weighted by atomic mass is 32.1. The lowest BCUT2D eigenvalue weighted by atomic mass is 9.81. The first-order chi connectivity index (χ1) is 13.3. The van der Waals surface area contributed by atoms with Gasteiger partial charge in [0.1, 0.15) is 11.4 Å². The Bertz CT molecular complexity index is 962. The molecule has 1 saturated carbocycles. The first-order valence-corrected chi connectivity index (χ1v) is 9.57. The van der Waals surface area contributed by atoms with Crippen LogP contribution in [0.5, 0.6) is 0 Å². The molecule has 3 aromatic rings. The van der Waals surface area contributed by atoms with Crippen LogP contribution in [0.1, 0.15) is 41.1 Å². The fourth-order valence-corrected chi connectivity index (χ4v) is 3.96. The van der Waals surface area contributed by atoms with Crippen molar-refractivity contribution in [2.24, 2.45) is 0 Å². The number of halogens is 3. The third kappa shape index (κ3) is 3.53. The van der Waals surface area contributed by atoms with Crippen molar-refractivity contribution in [2.75, 3.05) is 17.7 Å². The van der Waals surface area contributed by atoms with E-state index in [9.17, 15) is 13.2 Å². The normalized spacial score (nSPS) is 19.3. The van der Waals surface area contributed by atoms with Crippen LogP contribution in [-0.4, -0.2) is 31.8 Å².